The van der Waals surface area contributed by atoms with E-state index in [2.05, 4.69) is 31.9 Å². The van der Waals surface area contributed by atoms with Gasteiger partial charge in [0.1, 0.15) is 18.2 Å². The van der Waals surface area contributed by atoms with Crippen LogP contribution in [0.5, 0.6) is 5.75 Å². The average Bonchev–Trinajstić information content (AvgIpc) is 2.36. The summed E-state index contributed by atoms with van der Waals surface area (Å²) >= 11 is 6.48. The van der Waals surface area contributed by atoms with Gasteiger partial charge in [-0.1, -0.05) is 15.9 Å². The van der Waals surface area contributed by atoms with E-state index in [1.165, 1.54) is 24.3 Å². The van der Waals surface area contributed by atoms with Gasteiger partial charge in [-0.25, -0.2) is 9.18 Å². The highest BCUT2D eigenvalue weighted by Crippen LogP contribution is 2.27. The van der Waals surface area contributed by atoms with E-state index >= 15 is 0 Å². The van der Waals surface area contributed by atoms with E-state index in [-0.39, 0.29) is 18.0 Å². The number of hydrogen-bond acceptors (Lipinski definition) is 2. The lowest BCUT2D eigenvalue weighted by molar-refractivity contribution is 0.0696. The largest absolute Gasteiger partial charge is 0.488 e. The van der Waals surface area contributed by atoms with E-state index in [1.54, 1.807) is 12.1 Å². The number of carbonyl (C=O) groups is 1. The molecule has 0 bridgehead atoms. The summed E-state index contributed by atoms with van der Waals surface area (Å²) in [5.41, 5.74) is 0.771. The zero-order chi connectivity index (χ0) is 14.7. The first kappa shape index (κ1) is 15.0. The fourth-order valence-electron chi connectivity index (χ4n) is 1.60. The molecular formula is C14H9Br2FO3. The van der Waals surface area contributed by atoms with Crippen LogP contribution in [0.1, 0.15) is 15.9 Å². The van der Waals surface area contributed by atoms with Gasteiger partial charge in [-0.15, -0.1) is 0 Å². The number of hydrogen-bond donors (Lipinski definition) is 1. The molecule has 20 heavy (non-hydrogen) atoms. The van der Waals surface area contributed by atoms with Gasteiger partial charge in [-0.2, -0.15) is 0 Å². The summed E-state index contributed by atoms with van der Waals surface area (Å²) in [7, 11) is 0. The number of carboxylic acid groups (broad SMARTS) is 1. The van der Waals surface area contributed by atoms with Crippen molar-refractivity contribution in [2.75, 3.05) is 0 Å². The fourth-order valence-corrected chi connectivity index (χ4v) is 2.48. The molecule has 0 unspecified atom stereocenters. The Hall–Kier alpha value is -1.40. The molecule has 2 rings (SSSR count). The SMILES string of the molecule is O=C(O)c1ccc(Br)c(OCc2cc(F)cc(Br)c2)c1. The standard InChI is InChI=1S/C14H9Br2FO3/c15-10-3-8(4-11(17)6-10)7-20-13-5-9(14(18)19)1-2-12(13)16/h1-6H,7H2,(H,18,19). The molecule has 0 fully saturated rings. The van der Waals surface area contributed by atoms with Gasteiger partial charge >= 0.3 is 5.97 Å². The van der Waals surface area contributed by atoms with E-state index in [0.717, 1.165) is 0 Å². The second-order valence-electron chi connectivity index (χ2n) is 4.02. The van der Waals surface area contributed by atoms with Crippen LogP contribution in [0.4, 0.5) is 4.39 Å². The highest BCUT2D eigenvalue weighted by Gasteiger charge is 2.08. The molecule has 104 valence electrons. The molecule has 2 aromatic rings. The van der Waals surface area contributed by atoms with Gasteiger partial charge in [-0.05, 0) is 57.9 Å². The van der Waals surface area contributed by atoms with Crippen molar-refractivity contribution in [3.8, 4) is 5.75 Å². The van der Waals surface area contributed by atoms with Crippen LogP contribution in [0.15, 0.2) is 45.3 Å². The smallest absolute Gasteiger partial charge is 0.335 e. The summed E-state index contributed by atoms with van der Waals surface area (Å²) in [5.74, 6) is -1.00. The van der Waals surface area contributed by atoms with E-state index in [0.29, 0.717) is 20.3 Å². The first-order chi connectivity index (χ1) is 9.45. The quantitative estimate of drug-likeness (QED) is 0.809. The van der Waals surface area contributed by atoms with Crippen LogP contribution < -0.4 is 4.74 Å². The summed E-state index contributed by atoms with van der Waals surface area (Å²) in [6.07, 6.45) is 0. The third-order valence-electron chi connectivity index (χ3n) is 2.49. The summed E-state index contributed by atoms with van der Waals surface area (Å²) in [4.78, 5) is 10.9. The highest BCUT2D eigenvalue weighted by atomic mass is 79.9. The second-order valence-corrected chi connectivity index (χ2v) is 5.79. The molecule has 3 nitrogen and oxygen atoms in total. The molecule has 0 heterocycles. The van der Waals surface area contributed by atoms with Crippen molar-refractivity contribution < 1.29 is 19.0 Å². The maximum atomic E-state index is 13.2. The number of halogens is 3. The van der Waals surface area contributed by atoms with E-state index in [1.807, 2.05) is 0 Å². The number of ether oxygens (including phenoxy) is 1. The molecule has 2 aromatic carbocycles. The summed E-state index contributed by atoms with van der Waals surface area (Å²) in [5, 5.41) is 8.93. The zero-order valence-electron chi connectivity index (χ0n) is 10.1. The third-order valence-corrected chi connectivity index (χ3v) is 3.61. The van der Waals surface area contributed by atoms with Crippen LogP contribution in [-0.4, -0.2) is 11.1 Å². The monoisotopic (exact) mass is 402 g/mol. The van der Waals surface area contributed by atoms with Crippen molar-refractivity contribution in [3.63, 3.8) is 0 Å². The minimum absolute atomic E-state index is 0.128. The molecule has 6 heteroatoms. The van der Waals surface area contributed by atoms with Crippen molar-refractivity contribution >= 4 is 37.8 Å². The Morgan fingerprint density at radius 3 is 2.60 bits per heavy atom. The van der Waals surface area contributed by atoms with Crippen molar-refractivity contribution in [3.05, 3.63) is 62.3 Å². The topological polar surface area (TPSA) is 46.5 Å². The molecule has 0 aliphatic carbocycles. The summed E-state index contributed by atoms with van der Waals surface area (Å²) in [6.45, 7) is 0.137. The van der Waals surface area contributed by atoms with E-state index in [9.17, 15) is 9.18 Å². The first-order valence-electron chi connectivity index (χ1n) is 5.56. The van der Waals surface area contributed by atoms with Gasteiger partial charge in [0.25, 0.3) is 0 Å². The molecule has 1 N–H and O–H groups in total. The molecule has 0 saturated carbocycles. The van der Waals surface area contributed by atoms with Gasteiger partial charge in [0, 0.05) is 4.47 Å². The minimum Gasteiger partial charge on any atom is -0.488 e. The van der Waals surface area contributed by atoms with Gasteiger partial charge in [0.2, 0.25) is 0 Å². The molecule has 0 spiro atoms. The molecular weight excluding hydrogens is 395 g/mol. The third kappa shape index (κ3) is 3.80. The van der Waals surface area contributed by atoms with Crippen molar-refractivity contribution in [2.45, 2.75) is 6.61 Å². The lowest BCUT2D eigenvalue weighted by atomic mass is 10.2. The Kier molecular flexibility index (Phi) is 4.77. The lowest BCUT2D eigenvalue weighted by Crippen LogP contribution is -2.00. The van der Waals surface area contributed by atoms with Gasteiger partial charge in [-0.3, -0.25) is 0 Å². The second kappa shape index (κ2) is 6.37. The Morgan fingerprint density at radius 1 is 1.20 bits per heavy atom. The predicted molar refractivity (Wildman–Crippen MR) is 79.5 cm³/mol. The Balaban J connectivity index is 2.18. The Labute approximate surface area is 131 Å². The average molecular weight is 404 g/mol. The highest BCUT2D eigenvalue weighted by molar-refractivity contribution is 9.10. The number of carboxylic acids is 1. The van der Waals surface area contributed by atoms with Crippen LogP contribution >= 0.6 is 31.9 Å². The molecule has 0 aliphatic rings. The molecule has 0 amide bonds. The van der Waals surface area contributed by atoms with Crippen molar-refractivity contribution in [2.24, 2.45) is 0 Å². The van der Waals surface area contributed by atoms with Crippen LogP contribution in [0.3, 0.4) is 0 Å². The molecule has 0 aromatic heterocycles. The van der Waals surface area contributed by atoms with Crippen molar-refractivity contribution in [1.82, 2.24) is 0 Å². The van der Waals surface area contributed by atoms with Crippen LogP contribution in [-0.2, 0) is 6.61 Å². The van der Waals surface area contributed by atoms with Crippen LogP contribution in [0.25, 0.3) is 0 Å². The van der Waals surface area contributed by atoms with E-state index in [4.69, 9.17) is 9.84 Å². The summed E-state index contributed by atoms with van der Waals surface area (Å²) in [6, 6.07) is 8.93. The molecule has 0 saturated heterocycles. The maximum Gasteiger partial charge on any atom is 0.335 e. The maximum absolute atomic E-state index is 13.2. The summed E-state index contributed by atoms with van der Waals surface area (Å²) < 4.78 is 20.0. The van der Waals surface area contributed by atoms with E-state index < -0.39 is 5.97 Å². The zero-order valence-corrected chi connectivity index (χ0v) is 13.2. The predicted octanol–water partition coefficient (Wildman–Crippen LogP) is 4.63. The Bertz CT molecular complexity index is 639. The minimum atomic E-state index is -1.03. The molecule has 0 aliphatic heterocycles. The van der Waals surface area contributed by atoms with Gasteiger partial charge in [0.05, 0.1) is 10.0 Å². The van der Waals surface area contributed by atoms with Gasteiger partial charge in [0.15, 0.2) is 0 Å². The Morgan fingerprint density at radius 2 is 1.95 bits per heavy atom. The van der Waals surface area contributed by atoms with Crippen LogP contribution in [0, 0.1) is 5.82 Å². The van der Waals surface area contributed by atoms with Crippen LogP contribution in [0.2, 0.25) is 0 Å². The van der Waals surface area contributed by atoms with Crippen molar-refractivity contribution in [1.29, 1.82) is 0 Å². The number of aromatic carboxylic acids is 1. The lowest BCUT2D eigenvalue weighted by Gasteiger charge is -2.09. The number of benzene rings is 2. The normalized spacial score (nSPS) is 10.3. The first-order valence-corrected chi connectivity index (χ1v) is 7.15. The molecule has 0 radical (unpaired) electrons. The molecule has 0 atom stereocenters. The number of rotatable bonds is 4. The fraction of sp³-hybridized carbons (Fsp3) is 0.0714. The van der Waals surface area contributed by atoms with Gasteiger partial charge < -0.3 is 9.84 Å².